The summed E-state index contributed by atoms with van der Waals surface area (Å²) < 4.78 is 6.73. The number of hydrogen-bond donors (Lipinski definition) is 0. The SMILES string of the molecule is c1ccc(N(c2ccccc2)c2cccc3c2-c2ccccc2C32c3ccccc3Oc3cc(-c4ccccn4)ccc32)cc1. The fourth-order valence-corrected chi connectivity index (χ4v) is 7.40. The minimum atomic E-state index is -0.562. The number of aromatic nitrogens is 1. The van der Waals surface area contributed by atoms with Gasteiger partial charge in [0.1, 0.15) is 11.5 Å². The first kappa shape index (κ1) is 25.6. The standard InChI is InChI=1S/C42H28N2O/c1-3-14-30(15-4-1)44(31-16-5-2-6-17-31)38-23-13-21-36-41(38)32-18-7-8-19-33(32)42(36)34-20-9-10-24-39(34)45-40-28-29(25-26-35(40)42)37-22-11-12-27-43-37/h1-28H. The molecular weight excluding hydrogens is 548 g/mol. The van der Waals surface area contributed by atoms with Crippen molar-refractivity contribution < 1.29 is 4.74 Å². The summed E-state index contributed by atoms with van der Waals surface area (Å²) in [5.41, 5.74) is 12.0. The summed E-state index contributed by atoms with van der Waals surface area (Å²) in [4.78, 5) is 7.01. The summed E-state index contributed by atoms with van der Waals surface area (Å²) in [7, 11) is 0. The minimum absolute atomic E-state index is 0.562. The molecule has 212 valence electrons. The Hall–Kier alpha value is -5.93. The van der Waals surface area contributed by atoms with Gasteiger partial charge in [0.15, 0.2) is 0 Å². The molecule has 9 rings (SSSR count). The van der Waals surface area contributed by atoms with Gasteiger partial charge in [0.05, 0.1) is 16.8 Å². The first-order valence-electron chi connectivity index (χ1n) is 15.3. The summed E-state index contributed by atoms with van der Waals surface area (Å²) in [5, 5.41) is 0. The molecule has 2 aliphatic rings. The van der Waals surface area contributed by atoms with Gasteiger partial charge in [-0.15, -0.1) is 0 Å². The number of hydrogen-bond acceptors (Lipinski definition) is 3. The van der Waals surface area contributed by atoms with Gasteiger partial charge in [-0.1, -0.05) is 109 Å². The van der Waals surface area contributed by atoms with E-state index >= 15 is 0 Å². The molecule has 0 fully saturated rings. The molecule has 6 aromatic carbocycles. The third kappa shape index (κ3) is 3.74. The van der Waals surface area contributed by atoms with Gasteiger partial charge in [0.25, 0.3) is 0 Å². The second-order valence-electron chi connectivity index (χ2n) is 11.5. The van der Waals surface area contributed by atoms with E-state index in [2.05, 4.69) is 155 Å². The molecule has 1 atom stereocenters. The predicted octanol–water partition coefficient (Wildman–Crippen LogP) is 10.7. The molecule has 1 spiro atoms. The largest absolute Gasteiger partial charge is 0.457 e. The van der Waals surface area contributed by atoms with Gasteiger partial charge in [-0.2, -0.15) is 0 Å². The zero-order chi connectivity index (χ0) is 29.8. The number of anilines is 3. The average molecular weight is 577 g/mol. The van der Waals surface area contributed by atoms with E-state index < -0.39 is 5.41 Å². The lowest BCUT2D eigenvalue weighted by Crippen LogP contribution is -2.32. The molecule has 1 aliphatic carbocycles. The smallest absolute Gasteiger partial charge is 0.132 e. The van der Waals surface area contributed by atoms with Crippen molar-refractivity contribution in [1.29, 1.82) is 0 Å². The number of rotatable bonds is 4. The summed E-state index contributed by atoms with van der Waals surface area (Å²) >= 11 is 0. The molecule has 7 aromatic rings. The highest BCUT2D eigenvalue weighted by Crippen LogP contribution is 2.64. The van der Waals surface area contributed by atoms with Crippen LogP contribution in [-0.2, 0) is 5.41 Å². The van der Waals surface area contributed by atoms with Crippen molar-refractivity contribution in [2.45, 2.75) is 5.41 Å². The highest BCUT2D eigenvalue weighted by molar-refractivity contribution is 5.98. The number of fused-ring (bicyclic) bond motifs is 9. The van der Waals surface area contributed by atoms with E-state index in [9.17, 15) is 0 Å². The molecule has 3 heteroatoms. The van der Waals surface area contributed by atoms with Crippen molar-refractivity contribution in [3.8, 4) is 33.9 Å². The third-order valence-electron chi connectivity index (χ3n) is 9.17. The first-order valence-corrected chi connectivity index (χ1v) is 15.3. The van der Waals surface area contributed by atoms with E-state index in [1.807, 2.05) is 24.4 Å². The zero-order valence-corrected chi connectivity index (χ0v) is 24.5. The van der Waals surface area contributed by atoms with Crippen LogP contribution in [-0.4, -0.2) is 4.98 Å². The van der Waals surface area contributed by atoms with Crippen LogP contribution >= 0.6 is 0 Å². The normalized spacial score (nSPS) is 15.4. The van der Waals surface area contributed by atoms with Crippen LogP contribution in [0.4, 0.5) is 17.1 Å². The lowest BCUT2D eigenvalue weighted by molar-refractivity contribution is 0.436. The lowest BCUT2D eigenvalue weighted by Gasteiger charge is -2.39. The molecule has 1 aromatic heterocycles. The Kier molecular flexibility index (Phi) is 5.72. The summed E-state index contributed by atoms with van der Waals surface area (Å²) in [6, 6.07) is 58.1. The number of nitrogens with zero attached hydrogens (tertiary/aromatic N) is 2. The van der Waals surface area contributed by atoms with Crippen molar-refractivity contribution in [2.75, 3.05) is 4.90 Å². The van der Waals surface area contributed by atoms with Crippen molar-refractivity contribution in [2.24, 2.45) is 0 Å². The molecule has 0 bridgehead atoms. The molecule has 2 heterocycles. The van der Waals surface area contributed by atoms with E-state index in [4.69, 9.17) is 4.74 Å². The molecule has 0 radical (unpaired) electrons. The van der Waals surface area contributed by atoms with E-state index in [0.29, 0.717) is 0 Å². The Morgan fingerprint density at radius 1 is 0.489 bits per heavy atom. The molecule has 0 saturated carbocycles. The third-order valence-corrected chi connectivity index (χ3v) is 9.17. The maximum atomic E-state index is 6.73. The Labute approximate surface area is 262 Å². The highest BCUT2D eigenvalue weighted by Gasteiger charge is 2.52. The highest BCUT2D eigenvalue weighted by atomic mass is 16.5. The monoisotopic (exact) mass is 576 g/mol. The van der Waals surface area contributed by atoms with Crippen LogP contribution < -0.4 is 9.64 Å². The van der Waals surface area contributed by atoms with Gasteiger partial charge in [0, 0.05) is 39.8 Å². The van der Waals surface area contributed by atoms with E-state index in [-0.39, 0.29) is 0 Å². The van der Waals surface area contributed by atoms with Crippen LogP contribution in [0.1, 0.15) is 22.3 Å². The van der Waals surface area contributed by atoms with Crippen molar-refractivity contribution in [1.82, 2.24) is 4.98 Å². The molecule has 1 unspecified atom stereocenters. The molecule has 0 amide bonds. The van der Waals surface area contributed by atoms with E-state index in [0.717, 1.165) is 50.9 Å². The maximum Gasteiger partial charge on any atom is 0.132 e. The van der Waals surface area contributed by atoms with Crippen LogP contribution in [0, 0.1) is 0 Å². The fraction of sp³-hybridized carbons (Fsp3) is 0.0238. The summed E-state index contributed by atoms with van der Waals surface area (Å²) in [6.07, 6.45) is 1.84. The maximum absolute atomic E-state index is 6.73. The molecular formula is C42H28N2O. The van der Waals surface area contributed by atoms with Gasteiger partial charge < -0.3 is 9.64 Å². The van der Waals surface area contributed by atoms with E-state index in [1.165, 1.54) is 22.3 Å². The van der Waals surface area contributed by atoms with Crippen LogP contribution in [0.15, 0.2) is 170 Å². The molecule has 0 N–H and O–H groups in total. The van der Waals surface area contributed by atoms with Crippen molar-refractivity contribution in [3.63, 3.8) is 0 Å². The predicted molar refractivity (Wildman–Crippen MR) is 182 cm³/mol. The van der Waals surface area contributed by atoms with Gasteiger partial charge in [-0.25, -0.2) is 0 Å². The average Bonchev–Trinajstić information content (AvgIpc) is 3.41. The van der Waals surface area contributed by atoms with Gasteiger partial charge in [0.2, 0.25) is 0 Å². The van der Waals surface area contributed by atoms with E-state index in [1.54, 1.807) is 0 Å². The Bertz CT molecular complexity index is 2160. The van der Waals surface area contributed by atoms with Crippen LogP contribution in [0.5, 0.6) is 11.5 Å². The Morgan fingerprint density at radius 2 is 1.13 bits per heavy atom. The Morgan fingerprint density at radius 3 is 1.89 bits per heavy atom. The van der Waals surface area contributed by atoms with Crippen molar-refractivity contribution >= 4 is 17.1 Å². The zero-order valence-electron chi connectivity index (χ0n) is 24.5. The summed E-state index contributed by atoms with van der Waals surface area (Å²) in [6.45, 7) is 0. The second kappa shape index (κ2) is 10.1. The number of ether oxygens (including phenoxy) is 1. The minimum Gasteiger partial charge on any atom is -0.457 e. The molecule has 45 heavy (non-hydrogen) atoms. The van der Waals surface area contributed by atoms with Crippen LogP contribution in [0.2, 0.25) is 0 Å². The molecule has 1 aliphatic heterocycles. The number of benzene rings is 6. The lowest BCUT2D eigenvalue weighted by atomic mass is 9.66. The molecule has 3 nitrogen and oxygen atoms in total. The van der Waals surface area contributed by atoms with Gasteiger partial charge in [-0.3, -0.25) is 4.98 Å². The fourth-order valence-electron chi connectivity index (χ4n) is 7.40. The second-order valence-corrected chi connectivity index (χ2v) is 11.5. The van der Waals surface area contributed by atoms with Crippen LogP contribution in [0.3, 0.4) is 0 Å². The van der Waals surface area contributed by atoms with Gasteiger partial charge >= 0.3 is 0 Å². The molecule has 0 saturated heterocycles. The first-order chi connectivity index (χ1) is 22.3. The summed E-state index contributed by atoms with van der Waals surface area (Å²) in [5.74, 6) is 1.73. The van der Waals surface area contributed by atoms with Crippen molar-refractivity contribution in [3.05, 3.63) is 192 Å². The quantitative estimate of drug-likeness (QED) is 0.208. The number of para-hydroxylation sites is 3. The van der Waals surface area contributed by atoms with Crippen LogP contribution in [0.25, 0.3) is 22.4 Å². The Balaban J connectivity index is 1.37. The van der Waals surface area contributed by atoms with Gasteiger partial charge in [-0.05, 0) is 71.3 Å². The topological polar surface area (TPSA) is 25.4 Å². The number of pyridine rings is 1.